The molecule has 4 heteroatoms. The number of rotatable bonds is 3. The lowest BCUT2D eigenvalue weighted by Gasteiger charge is -2.04. The number of ether oxygens (including phenoxy) is 1. The first-order chi connectivity index (χ1) is 5.22. The normalized spacial score (nSPS) is 11.2. The van der Waals surface area contributed by atoms with Crippen molar-refractivity contribution in [1.82, 2.24) is 0 Å². The summed E-state index contributed by atoms with van der Waals surface area (Å²) in [5, 5.41) is 16.9. The van der Waals surface area contributed by atoms with Crippen molar-refractivity contribution in [1.29, 1.82) is 0 Å². The zero-order valence-electron chi connectivity index (χ0n) is 6.20. The van der Waals surface area contributed by atoms with E-state index in [2.05, 4.69) is 16.6 Å². The van der Waals surface area contributed by atoms with E-state index < -0.39 is 18.7 Å². The van der Waals surface area contributed by atoms with Gasteiger partial charge in [0.1, 0.15) is 0 Å². The molecule has 0 aliphatic rings. The van der Waals surface area contributed by atoms with Gasteiger partial charge in [0, 0.05) is 0 Å². The number of hydrogen-bond donors (Lipinski definition) is 2. The van der Waals surface area contributed by atoms with Gasteiger partial charge in [0.15, 0.2) is 12.7 Å². The molecule has 0 radical (unpaired) electrons. The Balaban J connectivity index is 3.57. The van der Waals surface area contributed by atoms with E-state index in [1.807, 2.05) is 0 Å². The Kier molecular flexibility index (Phi) is 5.17. The minimum atomic E-state index is -1.45. The average molecular weight is 158 g/mol. The van der Waals surface area contributed by atoms with Gasteiger partial charge in [-0.05, 0) is 6.92 Å². The monoisotopic (exact) mass is 158 g/mol. The second-order valence-electron chi connectivity index (χ2n) is 1.73. The van der Waals surface area contributed by atoms with E-state index in [1.165, 1.54) is 0 Å². The van der Waals surface area contributed by atoms with Crippen molar-refractivity contribution in [2.45, 2.75) is 13.0 Å². The Bertz CT molecular complexity index is 177. The predicted molar refractivity (Wildman–Crippen MR) is 37.5 cm³/mol. The van der Waals surface area contributed by atoms with Crippen LogP contribution in [0, 0.1) is 11.8 Å². The highest BCUT2D eigenvalue weighted by Gasteiger charge is 2.13. The number of aliphatic hydroxyl groups is 2. The summed E-state index contributed by atoms with van der Waals surface area (Å²) >= 11 is 0. The van der Waals surface area contributed by atoms with Crippen LogP contribution in [0.4, 0.5) is 0 Å². The molecule has 0 saturated heterocycles. The van der Waals surface area contributed by atoms with Crippen LogP contribution in [0.2, 0.25) is 0 Å². The minimum Gasteiger partial charge on any atom is -0.451 e. The Morgan fingerprint density at radius 1 is 1.73 bits per heavy atom. The van der Waals surface area contributed by atoms with Crippen LogP contribution in [0.1, 0.15) is 6.92 Å². The van der Waals surface area contributed by atoms with Gasteiger partial charge in [-0.25, -0.2) is 4.79 Å². The van der Waals surface area contributed by atoms with Crippen molar-refractivity contribution in [3.63, 3.8) is 0 Å². The molecule has 11 heavy (non-hydrogen) atoms. The number of carbonyl (C=O) groups excluding carboxylic acids is 1. The van der Waals surface area contributed by atoms with Gasteiger partial charge in [-0.1, -0.05) is 5.92 Å². The maximum Gasteiger partial charge on any atom is 0.338 e. The third-order valence-electron chi connectivity index (χ3n) is 0.908. The molecule has 1 unspecified atom stereocenters. The summed E-state index contributed by atoms with van der Waals surface area (Å²) < 4.78 is 4.41. The summed E-state index contributed by atoms with van der Waals surface area (Å²) in [6.07, 6.45) is -1.45. The van der Waals surface area contributed by atoms with Crippen molar-refractivity contribution in [2.24, 2.45) is 0 Å². The topological polar surface area (TPSA) is 66.8 Å². The molecule has 0 spiro atoms. The molecule has 0 heterocycles. The molecule has 0 aliphatic carbocycles. The second-order valence-corrected chi connectivity index (χ2v) is 1.73. The highest BCUT2D eigenvalue weighted by molar-refractivity contribution is 5.74. The van der Waals surface area contributed by atoms with Gasteiger partial charge >= 0.3 is 5.97 Å². The predicted octanol–water partition coefficient (Wildman–Crippen LogP) is -1.09. The number of aliphatic hydroxyl groups excluding tert-OH is 2. The van der Waals surface area contributed by atoms with Crippen molar-refractivity contribution < 1.29 is 19.7 Å². The van der Waals surface area contributed by atoms with Gasteiger partial charge in [0.2, 0.25) is 0 Å². The molecule has 0 aliphatic heterocycles. The average Bonchev–Trinajstić information content (AvgIpc) is 2.03. The maximum atomic E-state index is 10.5. The first kappa shape index (κ1) is 9.95. The van der Waals surface area contributed by atoms with Crippen molar-refractivity contribution in [3.8, 4) is 11.8 Å². The van der Waals surface area contributed by atoms with Gasteiger partial charge in [-0.15, -0.1) is 5.92 Å². The van der Waals surface area contributed by atoms with Crippen LogP contribution in [-0.2, 0) is 9.53 Å². The van der Waals surface area contributed by atoms with Gasteiger partial charge in [-0.2, -0.15) is 0 Å². The second kappa shape index (κ2) is 5.71. The van der Waals surface area contributed by atoms with Crippen molar-refractivity contribution in [2.75, 3.05) is 13.2 Å². The number of esters is 1. The third kappa shape index (κ3) is 4.37. The van der Waals surface area contributed by atoms with Crippen LogP contribution in [-0.4, -0.2) is 35.5 Å². The summed E-state index contributed by atoms with van der Waals surface area (Å²) in [6, 6.07) is 0. The largest absolute Gasteiger partial charge is 0.451 e. The Hall–Kier alpha value is -1.05. The fourth-order valence-electron chi connectivity index (χ4n) is 0.350. The molecule has 2 N–H and O–H groups in total. The number of carbonyl (C=O) groups is 1. The van der Waals surface area contributed by atoms with Crippen molar-refractivity contribution >= 4 is 5.97 Å². The Labute approximate surface area is 64.8 Å². The fraction of sp³-hybridized carbons (Fsp3) is 0.571. The summed E-state index contributed by atoms with van der Waals surface area (Å²) in [5.41, 5.74) is 0. The summed E-state index contributed by atoms with van der Waals surface area (Å²) in [4.78, 5) is 10.5. The van der Waals surface area contributed by atoms with E-state index in [0.717, 1.165) is 0 Å². The zero-order valence-corrected chi connectivity index (χ0v) is 6.20. The van der Waals surface area contributed by atoms with E-state index in [4.69, 9.17) is 10.2 Å². The molecule has 0 saturated carbocycles. The SMILES string of the molecule is CC#CCOC(=O)C(O)CO. The van der Waals surface area contributed by atoms with E-state index in [1.54, 1.807) is 6.92 Å². The standard InChI is InChI=1S/C7H10O4/c1-2-3-4-11-7(10)6(9)5-8/h6,8-9H,4-5H2,1H3. The zero-order chi connectivity index (χ0) is 8.69. The van der Waals surface area contributed by atoms with Crippen LogP contribution in [0.5, 0.6) is 0 Å². The Morgan fingerprint density at radius 2 is 2.36 bits per heavy atom. The third-order valence-corrected chi connectivity index (χ3v) is 0.908. The summed E-state index contributed by atoms with van der Waals surface area (Å²) in [5.74, 6) is 4.13. The summed E-state index contributed by atoms with van der Waals surface area (Å²) in [7, 11) is 0. The molecule has 0 amide bonds. The molecule has 1 atom stereocenters. The van der Waals surface area contributed by atoms with Crippen LogP contribution in [0.15, 0.2) is 0 Å². The molecule has 62 valence electrons. The molecule has 0 aromatic rings. The molecular formula is C7H10O4. The van der Waals surface area contributed by atoms with Gasteiger partial charge < -0.3 is 14.9 Å². The molecule has 0 fully saturated rings. The van der Waals surface area contributed by atoms with Crippen LogP contribution in [0.25, 0.3) is 0 Å². The minimum absolute atomic E-state index is 0.0492. The van der Waals surface area contributed by atoms with Crippen LogP contribution < -0.4 is 0 Å². The molecule has 0 rings (SSSR count). The van der Waals surface area contributed by atoms with Crippen LogP contribution in [0.3, 0.4) is 0 Å². The molecular weight excluding hydrogens is 148 g/mol. The molecule has 4 nitrogen and oxygen atoms in total. The van der Waals surface area contributed by atoms with E-state index in [9.17, 15) is 4.79 Å². The Morgan fingerprint density at radius 3 is 2.82 bits per heavy atom. The van der Waals surface area contributed by atoms with E-state index >= 15 is 0 Å². The molecule has 0 aromatic carbocycles. The first-order valence-electron chi connectivity index (χ1n) is 3.07. The molecule has 0 bridgehead atoms. The number of hydrogen-bond acceptors (Lipinski definition) is 4. The lowest BCUT2D eigenvalue weighted by Crippen LogP contribution is -2.26. The van der Waals surface area contributed by atoms with Gasteiger partial charge in [0.05, 0.1) is 6.61 Å². The fourth-order valence-corrected chi connectivity index (χ4v) is 0.350. The highest BCUT2D eigenvalue weighted by atomic mass is 16.5. The van der Waals surface area contributed by atoms with Gasteiger partial charge in [0.25, 0.3) is 0 Å². The smallest absolute Gasteiger partial charge is 0.338 e. The lowest BCUT2D eigenvalue weighted by molar-refractivity contribution is -0.153. The van der Waals surface area contributed by atoms with E-state index in [-0.39, 0.29) is 6.61 Å². The van der Waals surface area contributed by atoms with Crippen LogP contribution >= 0.6 is 0 Å². The van der Waals surface area contributed by atoms with E-state index in [0.29, 0.717) is 0 Å². The maximum absolute atomic E-state index is 10.5. The molecule has 0 aromatic heterocycles. The highest BCUT2D eigenvalue weighted by Crippen LogP contribution is 1.85. The van der Waals surface area contributed by atoms with Gasteiger partial charge in [-0.3, -0.25) is 0 Å². The summed E-state index contributed by atoms with van der Waals surface area (Å²) in [6.45, 7) is 0.932. The van der Waals surface area contributed by atoms with Crippen molar-refractivity contribution in [3.05, 3.63) is 0 Å². The quantitative estimate of drug-likeness (QED) is 0.404. The first-order valence-corrected chi connectivity index (χ1v) is 3.07. The lowest BCUT2D eigenvalue weighted by atomic mass is 10.4.